The molecule has 1 N–H and O–H groups in total. The molecule has 1 amide bonds. The van der Waals surface area contributed by atoms with Gasteiger partial charge < -0.3 is 9.88 Å². The molecule has 140 valence electrons. The Balaban J connectivity index is 1.51. The van der Waals surface area contributed by atoms with Crippen LogP contribution in [0.4, 0.5) is 0 Å². The highest BCUT2D eigenvalue weighted by molar-refractivity contribution is 7.80. The molecule has 2 saturated carbocycles. The van der Waals surface area contributed by atoms with Gasteiger partial charge in [0.1, 0.15) is 6.04 Å². The molecule has 2 aliphatic heterocycles. The highest BCUT2D eigenvalue weighted by atomic mass is 32.1. The van der Waals surface area contributed by atoms with Gasteiger partial charge in [0.25, 0.3) is 5.91 Å². The van der Waals surface area contributed by atoms with Crippen LogP contribution in [0.1, 0.15) is 62.2 Å². The molecule has 1 saturated heterocycles. The van der Waals surface area contributed by atoms with Crippen molar-refractivity contribution in [2.24, 2.45) is 5.92 Å². The van der Waals surface area contributed by atoms with E-state index in [4.69, 9.17) is 12.2 Å². The molecule has 27 heavy (non-hydrogen) atoms. The van der Waals surface area contributed by atoms with Crippen molar-refractivity contribution in [1.29, 1.82) is 0 Å². The highest BCUT2D eigenvalue weighted by Crippen LogP contribution is 2.49. The van der Waals surface area contributed by atoms with Crippen LogP contribution in [0.15, 0.2) is 24.3 Å². The molecule has 1 aromatic carbocycles. The van der Waals surface area contributed by atoms with Gasteiger partial charge in [0, 0.05) is 29.1 Å². The minimum absolute atomic E-state index is 0.100. The number of para-hydroxylation sites is 1. The van der Waals surface area contributed by atoms with Gasteiger partial charge in [-0.3, -0.25) is 9.69 Å². The number of rotatable bonds is 2. The molecule has 6 rings (SSSR count). The molecule has 4 nitrogen and oxygen atoms in total. The van der Waals surface area contributed by atoms with Crippen molar-refractivity contribution in [2.75, 3.05) is 0 Å². The van der Waals surface area contributed by atoms with E-state index in [1.165, 1.54) is 54.3 Å². The van der Waals surface area contributed by atoms with Gasteiger partial charge in [-0.25, -0.2) is 0 Å². The lowest BCUT2D eigenvalue weighted by molar-refractivity contribution is -0.129. The average molecular weight is 380 g/mol. The van der Waals surface area contributed by atoms with E-state index in [1.54, 1.807) is 0 Å². The maximum Gasteiger partial charge on any atom is 0.252 e. The number of nitrogens with zero attached hydrogens (tertiary/aromatic N) is 2. The Kier molecular flexibility index (Phi) is 3.46. The van der Waals surface area contributed by atoms with Crippen LogP contribution < -0.4 is 0 Å². The Labute approximate surface area is 164 Å². The van der Waals surface area contributed by atoms with Gasteiger partial charge in [-0.1, -0.05) is 37.5 Å². The average Bonchev–Trinajstić information content (AvgIpc) is 3.41. The normalized spacial score (nSPS) is 28.7. The summed E-state index contributed by atoms with van der Waals surface area (Å²) in [6.45, 7) is 0. The van der Waals surface area contributed by atoms with E-state index < -0.39 is 0 Å². The second-order valence-corrected chi connectivity index (χ2v) is 9.12. The van der Waals surface area contributed by atoms with Crippen LogP contribution in [0.3, 0.4) is 0 Å². The number of aromatic amines is 1. The molecule has 3 fully saturated rings. The number of hydrogen-bond donors (Lipinski definition) is 1. The number of amides is 1. The van der Waals surface area contributed by atoms with Crippen molar-refractivity contribution in [3.8, 4) is 0 Å². The monoisotopic (exact) mass is 379 g/mol. The Morgan fingerprint density at radius 2 is 1.81 bits per heavy atom. The van der Waals surface area contributed by atoms with E-state index in [2.05, 4.69) is 34.1 Å². The smallest absolute Gasteiger partial charge is 0.252 e. The van der Waals surface area contributed by atoms with E-state index in [9.17, 15) is 4.79 Å². The summed E-state index contributed by atoms with van der Waals surface area (Å²) >= 11 is 5.91. The predicted molar refractivity (Wildman–Crippen MR) is 109 cm³/mol. The molecular weight excluding hydrogens is 354 g/mol. The number of aromatic nitrogens is 1. The van der Waals surface area contributed by atoms with Gasteiger partial charge >= 0.3 is 0 Å². The van der Waals surface area contributed by atoms with Crippen LogP contribution in [-0.2, 0) is 11.2 Å². The zero-order valence-corrected chi connectivity index (χ0v) is 16.3. The summed E-state index contributed by atoms with van der Waals surface area (Å²) < 4.78 is 0. The molecule has 0 spiro atoms. The summed E-state index contributed by atoms with van der Waals surface area (Å²) in [5, 5.41) is 2.09. The quantitative estimate of drug-likeness (QED) is 0.791. The number of H-pyrrole nitrogens is 1. The third-order valence-electron chi connectivity index (χ3n) is 7.13. The third kappa shape index (κ3) is 2.27. The molecule has 0 bridgehead atoms. The summed E-state index contributed by atoms with van der Waals surface area (Å²) in [5.74, 6) is 0.831. The highest BCUT2D eigenvalue weighted by Gasteiger charge is 2.54. The minimum atomic E-state index is -0.100. The standard InChI is InChI=1S/C22H25N3OS/c26-21-18-12-16-15-8-4-5-9-17(15)23-19(16)20(13-6-2-1-3-7-13)25(18)22(27)24(21)14-10-11-14/h4-5,8-9,13-14,18,20,23H,1-3,6-7,10-12H2. The molecule has 2 unspecified atom stereocenters. The lowest BCUT2D eigenvalue weighted by Gasteiger charge is -2.42. The molecule has 1 aromatic heterocycles. The molecule has 2 aromatic rings. The number of carbonyl (C=O) groups excluding carboxylic acids is 1. The largest absolute Gasteiger partial charge is 0.356 e. The summed E-state index contributed by atoms with van der Waals surface area (Å²) in [5.41, 5.74) is 3.88. The number of carbonyl (C=O) groups is 1. The molecular formula is C22H25N3OS. The van der Waals surface area contributed by atoms with Crippen LogP contribution in [0.25, 0.3) is 10.9 Å². The summed E-state index contributed by atoms with van der Waals surface area (Å²) in [6.07, 6.45) is 9.40. The number of thiocarbonyl (C=S) groups is 1. The minimum Gasteiger partial charge on any atom is -0.356 e. The van der Waals surface area contributed by atoms with Crippen LogP contribution in [0, 0.1) is 5.92 Å². The molecule has 2 atom stereocenters. The number of hydrogen-bond acceptors (Lipinski definition) is 2. The van der Waals surface area contributed by atoms with Gasteiger partial charge in [0.2, 0.25) is 0 Å². The Bertz CT molecular complexity index is 940. The number of fused-ring (bicyclic) bond motifs is 4. The van der Waals surface area contributed by atoms with Crippen LogP contribution in [-0.4, -0.2) is 37.9 Å². The fourth-order valence-electron chi connectivity index (χ4n) is 5.74. The first-order valence-corrected chi connectivity index (χ1v) is 10.9. The van der Waals surface area contributed by atoms with E-state index in [-0.39, 0.29) is 18.0 Å². The zero-order valence-electron chi connectivity index (χ0n) is 15.5. The molecule has 4 aliphatic rings. The number of nitrogens with one attached hydrogen (secondary N) is 1. The van der Waals surface area contributed by atoms with Crippen LogP contribution in [0.5, 0.6) is 0 Å². The van der Waals surface area contributed by atoms with Crippen molar-refractivity contribution in [3.05, 3.63) is 35.5 Å². The molecule has 0 radical (unpaired) electrons. The summed E-state index contributed by atoms with van der Waals surface area (Å²) in [7, 11) is 0. The second kappa shape index (κ2) is 5.81. The second-order valence-electron chi connectivity index (χ2n) is 8.75. The van der Waals surface area contributed by atoms with Crippen LogP contribution >= 0.6 is 12.2 Å². The van der Waals surface area contributed by atoms with E-state index in [1.807, 2.05) is 4.90 Å². The molecule has 2 aliphatic carbocycles. The molecule has 5 heteroatoms. The predicted octanol–water partition coefficient (Wildman–Crippen LogP) is 4.31. The fourth-order valence-corrected chi connectivity index (χ4v) is 6.22. The number of benzene rings is 1. The molecule has 3 heterocycles. The van der Waals surface area contributed by atoms with Gasteiger partial charge in [-0.2, -0.15) is 0 Å². The van der Waals surface area contributed by atoms with Gasteiger partial charge in [-0.05, 0) is 55.4 Å². The van der Waals surface area contributed by atoms with Crippen molar-refractivity contribution in [2.45, 2.75) is 69.5 Å². The lowest BCUT2D eigenvalue weighted by Crippen LogP contribution is -2.46. The fraction of sp³-hybridized carbons (Fsp3) is 0.545. The van der Waals surface area contributed by atoms with Crippen molar-refractivity contribution in [1.82, 2.24) is 14.8 Å². The van der Waals surface area contributed by atoms with Crippen LogP contribution in [0.2, 0.25) is 0 Å². The zero-order chi connectivity index (χ0) is 18.1. The Morgan fingerprint density at radius 1 is 1.04 bits per heavy atom. The van der Waals surface area contributed by atoms with E-state index in [0.29, 0.717) is 12.0 Å². The van der Waals surface area contributed by atoms with E-state index >= 15 is 0 Å². The first kappa shape index (κ1) is 16.1. The van der Waals surface area contributed by atoms with Gasteiger partial charge in [-0.15, -0.1) is 0 Å². The van der Waals surface area contributed by atoms with Gasteiger partial charge in [0.15, 0.2) is 5.11 Å². The summed E-state index contributed by atoms with van der Waals surface area (Å²) in [4.78, 5) is 21.4. The van der Waals surface area contributed by atoms with Crippen molar-refractivity contribution < 1.29 is 4.79 Å². The first-order valence-electron chi connectivity index (χ1n) is 10.5. The Hall–Kier alpha value is -1.88. The third-order valence-corrected chi connectivity index (χ3v) is 7.54. The summed E-state index contributed by atoms with van der Waals surface area (Å²) in [6, 6.07) is 9.05. The maximum absolute atomic E-state index is 13.3. The first-order chi connectivity index (χ1) is 13.2. The van der Waals surface area contributed by atoms with E-state index in [0.717, 1.165) is 24.4 Å². The lowest BCUT2D eigenvalue weighted by atomic mass is 9.78. The SMILES string of the molecule is O=C1C2Cc3c([nH]c4ccccc34)C(C3CCCCC3)N2C(=S)N1C1CC1. The topological polar surface area (TPSA) is 39.3 Å². The van der Waals surface area contributed by atoms with Crippen molar-refractivity contribution >= 4 is 34.1 Å². The van der Waals surface area contributed by atoms with Crippen molar-refractivity contribution in [3.63, 3.8) is 0 Å². The maximum atomic E-state index is 13.3. The Morgan fingerprint density at radius 3 is 2.59 bits per heavy atom. The van der Waals surface area contributed by atoms with Gasteiger partial charge in [0.05, 0.1) is 6.04 Å².